The van der Waals surface area contributed by atoms with Gasteiger partial charge in [-0.05, 0) is 97.8 Å². The van der Waals surface area contributed by atoms with Crippen molar-refractivity contribution >= 4 is 35.4 Å². The molecule has 192 valence electrons. The summed E-state index contributed by atoms with van der Waals surface area (Å²) in [4.78, 5) is 27.4. The van der Waals surface area contributed by atoms with Crippen LogP contribution < -0.4 is 16.0 Å². The molecule has 0 radical (unpaired) electrons. The van der Waals surface area contributed by atoms with Gasteiger partial charge in [0.2, 0.25) is 0 Å². The number of nitrogens with zero attached hydrogens (tertiary/aromatic N) is 6. The Morgan fingerprint density at radius 1 is 0.528 bits per heavy atom. The maximum Gasteiger partial charge on any atom is 0.257 e. The van der Waals surface area contributed by atoms with Crippen molar-refractivity contribution in [1.29, 1.82) is 0 Å². The number of amidine groups is 3. The predicted molar refractivity (Wildman–Crippen MR) is 147 cm³/mol. The van der Waals surface area contributed by atoms with Crippen LogP contribution in [0.25, 0.3) is 0 Å². The number of aliphatic imine (C=N–C) groups is 3. The minimum absolute atomic E-state index is 0.290. The van der Waals surface area contributed by atoms with Gasteiger partial charge in [0.05, 0.1) is 0 Å². The molecule has 1 heterocycles. The minimum Gasteiger partial charge on any atom is -0.348 e. The van der Waals surface area contributed by atoms with Crippen LogP contribution in [0.5, 0.6) is 0 Å². The average molecular weight is 490 g/mol. The first-order valence-corrected chi connectivity index (χ1v) is 13.3. The molecule has 3 N–H and O–H groups in total. The summed E-state index contributed by atoms with van der Waals surface area (Å²) in [6, 6.07) is 0. The number of aromatic nitrogens is 3. The van der Waals surface area contributed by atoms with Gasteiger partial charge in [0.1, 0.15) is 17.5 Å². The summed E-state index contributed by atoms with van der Waals surface area (Å²) in [6.45, 7) is 5.78. The highest BCUT2D eigenvalue weighted by Gasteiger charge is 2.11. The fourth-order valence-corrected chi connectivity index (χ4v) is 4.58. The van der Waals surface area contributed by atoms with E-state index >= 15 is 0 Å². The van der Waals surface area contributed by atoms with Gasteiger partial charge in [-0.15, -0.1) is 0 Å². The summed E-state index contributed by atoms with van der Waals surface area (Å²) >= 11 is 0. The van der Waals surface area contributed by atoms with Crippen molar-refractivity contribution in [2.24, 2.45) is 15.0 Å². The van der Waals surface area contributed by atoms with Crippen molar-refractivity contribution in [2.75, 3.05) is 0 Å². The third kappa shape index (κ3) is 8.39. The summed E-state index contributed by atoms with van der Waals surface area (Å²) in [6.07, 6.45) is 20.5. The second kappa shape index (κ2) is 13.1. The SMILES string of the molecule is CC(=Nc1nc(N=C(C)NC2=CCCCC2)nc(N=C(C)NC2=CCCCC2)n1)NC1=CCCCC1. The zero-order valence-corrected chi connectivity index (χ0v) is 21.9. The normalized spacial score (nSPS) is 19.8. The van der Waals surface area contributed by atoms with Gasteiger partial charge < -0.3 is 16.0 Å². The van der Waals surface area contributed by atoms with E-state index in [4.69, 9.17) is 0 Å². The minimum atomic E-state index is 0.290. The second-order valence-electron chi connectivity index (χ2n) is 9.63. The van der Waals surface area contributed by atoms with Crippen LogP contribution in [0.1, 0.15) is 97.8 Å². The maximum absolute atomic E-state index is 4.62. The molecule has 9 heteroatoms. The molecule has 0 fully saturated rings. The lowest BCUT2D eigenvalue weighted by Gasteiger charge is -2.15. The topological polar surface area (TPSA) is 112 Å². The molecule has 1 aromatic heterocycles. The van der Waals surface area contributed by atoms with Crippen molar-refractivity contribution in [2.45, 2.75) is 97.8 Å². The molecule has 0 unspecified atom stereocenters. The van der Waals surface area contributed by atoms with Crippen molar-refractivity contribution in [3.8, 4) is 0 Å². The Morgan fingerprint density at radius 3 is 1.08 bits per heavy atom. The molecule has 0 saturated carbocycles. The molecular formula is C27H39N9. The van der Waals surface area contributed by atoms with Crippen LogP contribution in [0.15, 0.2) is 50.3 Å². The highest BCUT2D eigenvalue weighted by atomic mass is 15.3. The third-order valence-corrected chi connectivity index (χ3v) is 6.30. The van der Waals surface area contributed by atoms with Gasteiger partial charge in [0, 0.05) is 17.1 Å². The van der Waals surface area contributed by atoms with Crippen LogP contribution in [0.3, 0.4) is 0 Å². The average Bonchev–Trinajstić information content (AvgIpc) is 2.85. The van der Waals surface area contributed by atoms with Gasteiger partial charge in [0.25, 0.3) is 17.8 Å². The zero-order valence-electron chi connectivity index (χ0n) is 21.9. The van der Waals surface area contributed by atoms with E-state index in [1.165, 1.54) is 55.6 Å². The number of rotatable bonds is 6. The molecule has 0 aliphatic heterocycles. The Kier molecular flexibility index (Phi) is 9.35. The lowest BCUT2D eigenvalue weighted by molar-refractivity contribution is 0.680. The van der Waals surface area contributed by atoms with E-state index < -0.39 is 0 Å². The van der Waals surface area contributed by atoms with Crippen molar-refractivity contribution in [3.05, 3.63) is 35.3 Å². The first-order chi connectivity index (χ1) is 17.5. The van der Waals surface area contributed by atoms with Crippen molar-refractivity contribution in [1.82, 2.24) is 30.9 Å². The van der Waals surface area contributed by atoms with Gasteiger partial charge in [0.15, 0.2) is 0 Å². The highest BCUT2D eigenvalue weighted by molar-refractivity contribution is 5.85. The standard InChI is InChI=1S/C27H39N9/c1-19(28-22-13-7-4-8-14-22)31-25-34-26(32-20(2)29-23-15-9-5-10-16-23)36-27(35-25)33-21(3)30-24-17-11-6-12-18-24/h13,15,17H,4-12,14,16,18H2,1-3H3,(H3,28,29,30,31,32,33,34,35,36). The molecule has 9 nitrogen and oxygen atoms in total. The number of nitrogens with one attached hydrogen (secondary N) is 3. The van der Waals surface area contributed by atoms with E-state index in [1.54, 1.807) is 0 Å². The summed E-state index contributed by atoms with van der Waals surface area (Å²) < 4.78 is 0. The van der Waals surface area contributed by atoms with Crippen LogP contribution in [-0.4, -0.2) is 32.5 Å². The molecule has 4 rings (SSSR count). The molecule has 0 atom stereocenters. The molecule has 0 bridgehead atoms. The quantitative estimate of drug-likeness (QED) is 0.326. The lowest BCUT2D eigenvalue weighted by Crippen LogP contribution is -2.21. The van der Waals surface area contributed by atoms with Crippen LogP contribution in [0.2, 0.25) is 0 Å². The number of hydrogen-bond acceptors (Lipinski definition) is 6. The molecular weight excluding hydrogens is 450 g/mol. The van der Waals surface area contributed by atoms with Crippen LogP contribution in [0.4, 0.5) is 17.8 Å². The molecule has 36 heavy (non-hydrogen) atoms. The maximum atomic E-state index is 4.62. The van der Waals surface area contributed by atoms with Gasteiger partial charge in [-0.25, -0.2) is 0 Å². The Balaban J connectivity index is 1.57. The summed E-state index contributed by atoms with van der Waals surface area (Å²) in [7, 11) is 0. The second-order valence-corrected chi connectivity index (χ2v) is 9.63. The first-order valence-electron chi connectivity index (χ1n) is 13.3. The Morgan fingerprint density at radius 2 is 0.833 bits per heavy atom. The third-order valence-electron chi connectivity index (χ3n) is 6.30. The fraction of sp³-hybridized carbons (Fsp3) is 0.556. The van der Waals surface area contributed by atoms with Gasteiger partial charge in [-0.2, -0.15) is 29.9 Å². The van der Waals surface area contributed by atoms with E-state index in [0.29, 0.717) is 17.8 Å². The van der Waals surface area contributed by atoms with Crippen LogP contribution in [0, 0.1) is 0 Å². The van der Waals surface area contributed by atoms with Gasteiger partial charge in [-0.1, -0.05) is 18.2 Å². The molecule has 0 saturated heterocycles. The first kappa shape index (κ1) is 25.7. The molecule has 0 amide bonds. The van der Waals surface area contributed by atoms with Crippen LogP contribution in [-0.2, 0) is 0 Å². The van der Waals surface area contributed by atoms with Crippen molar-refractivity contribution < 1.29 is 0 Å². The van der Waals surface area contributed by atoms with Crippen molar-refractivity contribution in [3.63, 3.8) is 0 Å². The number of allylic oxidation sites excluding steroid dienone is 6. The van der Waals surface area contributed by atoms with Gasteiger partial charge >= 0.3 is 0 Å². The van der Waals surface area contributed by atoms with E-state index in [9.17, 15) is 0 Å². The lowest BCUT2D eigenvalue weighted by atomic mass is 10.1. The fourth-order valence-electron chi connectivity index (χ4n) is 4.58. The molecule has 1 aromatic rings. The van der Waals surface area contributed by atoms with E-state index in [2.05, 4.69) is 64.1 Å². The largest absolute Gasteiger partial charge is 0.348 e. The Hall–Kier alpha value is -3.36. The van der Waals surface area contributed by atoms with E-state index in [1.807, 2.05) is 20.8 Å². The molecule has 3 aliphatic carbocycles. The van der Waals surface area contributed by atoms with Gasteiger partial charge in [-0.3, -0.25) is 0 Å². The monoisotopic (exact) mass is 489 g/mol. The summed E-state index contributed by atoms with van der Waals surface area (Å²) in [5.74, 6) is 3.09. The smallest absolute Gasteiger partial charge is 0.257 e. The predicted octanol–water partition coefficient (Wildman–Crippen LogP) is 6.16. The molecule has 0 spiro atoms. The van der Waals surface area contributed by atoms with E-state index in [0.717, 1.165) is 56.0 Å². The summed E-state index contributed by atoms with van der Waals surface area (Å²) in [5, 5.41) is 10.2. The zero-order chi connectivity index (χ0) is 25.2. The molecule has 3 aliphatic rings. The number of hydrogen-bond donors (Lipinski definition) is 3. The summed E-state index contributed by atoms with van der Waals surface area (Å²) in [5.41, 5.74) is 3.61. The van der Waals surface area contributed by atoms with Crippen LogP contribution >= 0.6 is 0 Å². The van der Waals surface area contributed by atoms with E-state index in [-0.39, 0.29) is 0 Å². The highest BCUT2D eigenvalue weighted by Crippen LogP contribution is 2.20. The molecule has 0 aromatic carbocycles. The Bertz CT molecular complexity index is 958. The Labute approximate surface area is 214 Å².